The average molecular weight is 316 g/mol. The molecule has 2 aromatic rings. The number of nitrogens with zero attached hydrogens (tertiary/aromatic N) is 1. The lowest BCUT2D eigenvalue weighted by Gasteiger charge is -2.13. The predicted octanol–water partition coefficient (Wildman–Crippen LogP) is 1.81. The highest BCUT2D eigenvalue weighted by Crippen LogP contribution is 2.21. The maximum atomic E-state index is 13.7. The zero-order valence-corrected chi connectivity index (χ0v) is 12.2. The Bertz CT molecular complexity index is 687. The molecule has 0 aliphatic heterocycles. The largest absolute Gasteiger partial charge is 0.392 e. The van der Waals surface area contributed by atoms with Gasteiger partial charge < -0.3 is 5.11 Å². The van der Waals surface area contributed by atoms with E-state index in [4.69, 9.17) is 5.11 Å². The molecule has 1 heterocycles. The van der Waals surface area contributed by atoms with E-state index in [1.54, 1.807) is 18.5 Å². The van der Waals surface area contributed by atoms with Crippen LogP contribution in [-0.2, 0) is 16.6 Å². The summed E-state index contributed by atoms with van der Waals surface area (Å²) in [6.45, 7) is 1.27. The van der Waals surface area contributed by atoms with Crippen LogP contribution in [-0.4, -0.2) is 18.5 Å². The number of hydrogen-bond acceptors (Lipinski definition) is 5. The van der Waals surface area contributed by atoms with Crippen molar-refractivity contribution in [2.75, 3.05) is 0 Å². The Morgan fingerprint density at radius 1 is 1.50 bits per heavy atom. The molecule has 108 valence electrons. The first-order valence-corrected chi connectivity index (χ1v) is 8.11. The molecule has 8 heteroatoms. The first kappa shape index (κ1) is 15.0. The zero-order valence-electron chi connectivity index (χ0n) is 10.6. The minimum absolute atomic E-state index is 0.327. The topological polar surface area (TPSA) is 79.3 Å². The summed E-state index contributed by atoms with van der Waals surface area (Å²) in [6.07, 6.45) is 1.57. The Hall–Kier alpha value is -1.35. The Balaban J connectivity index is 2.31. The van der Waals surface area contributed by atoms with Crippen LogP contribution in [0.1, 0.15) is 23.5 Å². The summed E-state index contributed by atoms with van der Waals surface area (Å²) < 4.78 is 40.4. The number of aliphatic hydroxyl groups is 1. The molecule has 1 atom stereocenters. The number of sulfonamides is 1. The molecule has 0 saturated carbocycles. The number of aromatic nitrogens is 1. The number of benzene rings is 1. The monoisotopic (exact) mass is 316 g/mol. The molecule has 2 rings (SSSR count). The zero-order chi connectivity index (χ0) is 14.8. The van der Waals surface area contributed by atoms with E-state index >= 15 is 0 Å². The van der Waals surface area contributed by atoms with Crippen LogP contribution in [0.5, 0.6) is 0 Å². The minimum atomic E-state index is -4.02. The van der Waals surface area contributed by atoms with Crippen LogP contribution in [0, 0.1) is 5.82 Å². The Morgan fingerprint density at radius 2 is 2.25 bits per heavy atom. The normalized spacial score (nSPS) is 13.3. The van der Waals surface area contributed by atoms with Crippen LogP contribution in [0.2, 0.25) is 0 Å². The molecule has 0 saturated heterocycles. The van der Waals surface area contributed by atoms with Crippen LogP contribution < -0.4 is 4.72 Å². The molecular weight excluding hydrogens is 303 g/mol. The highest BCUT2D eigenvalue weighted by Gasteiger charge is 2.23. The van der Waals surface area contributed by atoms with Crippen molar-refractivity contribution < 1.29 is 17.9 Å². The fraction of sp³-hybridized carbons (Fsp3) is 0.250. The van der Waals surface area contributed by atoms with Crippen molar-refractivity contribution in [2.24, 2.45) is 0 Å². The molecule has 20 heavy (non-hydrogen) atoms. The molecule has 0 radical (unpaired) electrons. The molecule has 1 aromatic heterocycles. The summed E-state index contributed by atoms with van der Waals surface area (Å²) in [4.78, 5) is 3.53. The lowest BCUT2D eigenvalue weighted by Crippen LogP contribution is -2.27. The van der Waals surface area contributed by atoms with Gasteiger partial charge in [0.25, 0.3) is 0 Å². The maximum absolute atomic E-state index is 13.7. The van der Waals surface area contributed by atoms with Gasteiger partial charge in [-0.3, -0.25) is 0 Å². The van der Waals surface area contributed by atoms with E-state index in [1.807, 2.05) is 0 Å². The SMILES string of the molecule is CC(NS(=O)(=O)c1cc(CO)ccc1F)c1nccs1. The van der Waals surface area contributed by atoms with E-state index in [-0.39, 0.29) is 6.61 Å². The van der Waals surface area contributed by atoms with Gasteiger partial charge in [-0.1, -0.05) is 6.07 Å². The van der Waals surface area contributed by atoms with Gasteiger partial charge >= 0.3 is 0 Å². The van der Waals surface area contributed by atoms with Gasteiger partial charge in [0, 0.05) is 11.6 Å². The second kappa shape index (κ2) is 5.96. The highest BCUT2D eigenvalue weighted by atomic mass is 32.2. The van der Waals surface area contributed by atoms with Crippen molar-refractivity contribution in [3.63, 3.8) is 0 Å². The molecule has 2 N–H and O–H groups in total. The smallest absolute Gasteiger partial charge is 0.244 e. The first-order valence-electron chi connectivity index (χ1n) is 5.75. The van der Waals surface area contributed by atoms with E-state index in [0.717, 1.165) is 12.1 Å². The van der Waals surface area contributed by atoms with Crippen LogP contribution >= 0.6 is 11.3 Å². The highest BCUT2D eigenvalue weighted by molar-refractivity contribution is 7.89. The number of nitrogens with one attached hydrogen (secondary N) is 1. The van der Waals surface area contributed by atoms with Gasteiger partial charge in [0.15, 0.2) is 0 Å². The van der Waals surface area contributed by atoms with E-state index in [2.05, 4.69) is 9.71 Å². The third kappa shape index (κ3) is 3.21. The van der Waals surface area contributed by atoms with Gasteiger partial charge in [-0.2, -0.15) is 0 Å². The minimum Gasteiger partial charge on any atom is -0.392 e. The van der Waals surface area contributed by atoms with Crippen LogP contribution in [0.4, 0.5) is 4.39 Å². The fourth-order valence-corrected chi connectivity index (χ4v) is 3.70. The molecule has 1 aromatic carbocycles. The second-order valence-electron chi connectivity index (χ2n) is 4.14. The number of halogens is 1. The standard InChI is InChI=1S/C12H13FN2O3S2/c1-8(12-14-4-5-19-12)15-20(17,18)11-6-9(7-16)2-3-10(11)13/h2-6,8,15-16H,7H2,1H3. The van der Waals surface area contributed by atoms with Crippen LogP contribution in [0.15, 0.2) is 34.7 Å². The quantitative estimate of drug-likeness (QED) is 0.882. The van der Waals surface area contributed by atoms with Crippen molar-refractivity contribution in [1.82, 2.24) is 9.71 Å². The van der Waals surface area contributed by atoms with Crippen molar-refractivity contribution >= 4 is 21.4 Å². The summed E-state index contributed by atoms with van der Waals surface area (Å²) in [5, 5.41) is 11.3. The first-order chi connectivity index (χ1) is 9.44. The lowest BCUT2D eigenvalue weighted by molar-refractivity contribution is 0.281. The number of rotatable bonds is 5. The average Bonchev–Trinajstić information content (AvgIpc) is 2.92. The van der Waals surface area contributed by atoms with Gasteiger partial charge in [-0.25, -0.2) is 22.5 Å². The molecule has 0 spiro atoms. The Kier molecular flexibility index (Phi) is 4.48. The van der Waals surface area contributed by atoms with Crippen LogP contribution in [0.25, 0.3) is 0 Å². The molecule has 0 fully saturated rings. The molecule has 5 nitrogen and oxygen atoms in total. The number of thiazole rings is 1. The van der Waals surface area contributed by atoms with E-state index in [0.29, 0.717) is 10.6 Å². The van der Waals surface area contributed by atoms with Crippen molar-refractivity contribution in [1.29, 1.82) is 0 Å². The van der Waals surface area contributed by atoms with E-state index in [1.165, 1.54) is 17.4 Å². The van der Waals surface area contributed by atoms with Crippen molar-refractivity contribution in [3.8, 4) is 0 Å². The van der Waals surface area contributed by atoms with Gasteiger partial charge in [0.1, 0.15) is 15.7 Å². The Morgan fingerprint density at radius 3 is 2.85 bits per heavy atom. The van der Waals surface area contributed by atoms with Gasteiger partial charge in [0.05, 0.1) is 12.6 Å². The molecule has 0 amide bonds. The van der Waals surface area contributed by atoms with E-state index < -0.39 is 26.8 Å². The third-order valence-corrected chi connectivity index (χ3v) is 5.14. The lowest BCUT2D eigenvalue weighted by atomic mass is 10.2. The van der Waals surface area contributed by atoms with Gasteiger partial charge in [-0.05, 0) is 24.6 Å². The Labute approximate surface area is 120 Å². The van der Waals surface area contributed by atoms with Gasteiger partial charge in [0.2, 0.25) is 10.0 Å². The summed E-state index contributed by atoms with van der Waals surface area (Å²) in [5.74, 6) is -0.860. The fourth-order valence-electron chi connectivity index (χ4n) is 1.65. The number of aliphatic hydroxyl groups excluding tert-OH is 1. The van der Waals surface area contributed by atoms with E-state index in [9.17, 15) is 12.8 Å². The molecule has 0 aliphatic carbocycles. The van der Waals surface area contributed by atoms with Crippen LogP contribution in [0.3, 0.4) is 0 Å². The predicted molar refractivity (Wildman–Crippen MR) is 73.2 cm³/mol. The summed E-state index contributed by atoms with van der Waals surface area (Å²) in [7, 11) is -4.02. The molecule has 0 bridgehead atoms. The van der Waals surface area contributed by atoms with Crippen molar-refractivity contribution in [2.45, 2.75) is 24.5 Å². The summed E-state index contributed by atoms with van der Waals surface area (Å²) >= 11 is 1.31. The van der Waals surface area contributed by atoms with Crippen molar-refractivity contribution in [3.05, 3.63) is 46.2 Å². The maximum Gasteiger partial charge on any atom is 0.244 e. The molecule has 1 unspecified atom stereocenters. The summed E-state index contributed by atoms with van der Waals surface area (Å²) in [5.41, 5.74) is 0.327. The summed E-state index contributed by atoms with van der Waals surface area (Å²) in [6, 6.07) is 2.91. The number of hydrogen-bond donors (Lipinski definition) is 2. The second-order valence-corrected chi connectivity index (χ2v) is 6.74. The molecular formula is C12H13FN2O3S2. The van der Waals surface area contributed by atoms with Gasteiger partial charge in [-0.15, -0.1) is 11.3 Å². The molecule has 0 aliphatic rings. The third-order valence-electron chi connectivity index (χ3n) is 2.62.